The van der Waals surface area contributed by atoms with E-state index in [9.17, 15) is 9.59 Å². The third-order valence-corrected chi connectivity index (χ3v) is 4.96. The molecular formula is C17H20N4O2. The molecule has 2 aliphatic heterocycles. The summed E-state index contributed by atoms with van der Waals surface area (Å²) in [6.07, 6.45) is 6.21. The summed E-state index contributed by atoms with van der Waals surface area (Å²) in [7, 11) is 0. The van der Waals surface area contributed by atoms with Crippen molar-refractivity contribution in [2.45, 2.75) is 38.8 Å². The first kappa shape index (κ1) is 14.2. The van der Waals surface area contributed by atoms with Gasteiger partial charge in [-0.3, -0.25) is 9.59 Å². The van der Waals surface area contributed by atoms with Crippen LogP contribution >= 0.6 is 0 Å². The maximum atomic E-state index is 12.9. The molecule has 120 valence electrons. The average Bonchev–Trinajstić information content (AvgIpc) is 3.23. The lowest BCUT2D eigenvalue weighted by Gasteiger charge is -2.35. The van der Waals surface area contributed by atoms with Gasteiger partial charge < -0.3 is 14.8 Å². The molecule has 0 aliphatic carbocycles. The van der Waals surface area contributed by atoms with Crippen LogP contribution in [0.1, 0.15) is 42.1 Å². The monoisotopic (exact) mass is 312 g/mol. The van der Waals surface area contributed by atoms with Crippen molar-refractivity contribution in [3.05, 3.63) is 29.6 Å². The standard InChI is InChI=1S/C17H20N4O2/c1-2-13(17(23)20-7-3-4-8-20)21-10-11-5-6-18-15-14(11)12(9-19-15)16(21)22/h5-6,9,13H,2-4,7-8,10H2,1H3,(H,18,19)/t13-/m0/s1. The van der Waals surface area contributed by atoms with Crippen molar-refractivity contribution < 1.29 is 9.59 Å². The van der Waals surface area contributed by atoms with Crippen molar-refractivity contribution in [2.75, 3.05) is 13.1 Å². The van der Waals surface area contributed by atoms with Crippen molar-refractivity contribution >= 4 is 22.8 Å². The molecule has 2 amide bonds. The van der Waals surface area contributed by atoms with Crippen molar-refractivity contribution in [3.8, 4) is 0 Å². The van der Waals surface area contributed by atoms with Gasteiger partial charge in [-0.25, -0.2) is 4.98 Å². The summed E-state index contributed by atoms with van der Waals surface area (Å²) in [5.41, 5.74) is 2.42. The van der Waals surface area contributed by atoms with E-state index in [0.717, 1.165) is 42.5 Å². The fourth-order valence-electron chi connectivity index (χ4n) is 3.76. The fraction of sp³-hybridized carbons (Fsp3) is 0.471. The minimum atomic E-state index is -0.383. The molecule has 0 radical (unpaired) electrons. The lowest BCUT2D eigenvalue weighted by molar-refractivity contribution is -0.135. The molecule has 2 aliphatic rings. The number of nitrogens with zero attached hydrogens (tertiary/aromatic N) is 3. The number of carbonyl (C=O) groups is 2. The molecule has 0 bridgehead atoms. The van der Waals surface area contributed by atoms with Gasteiger partial charge in [-0.15, -0.1) is 0 Å². The molecule has 0 aromatic carbocycles. The van der Waals surface area contributed by atoms with E-state index in [1.165, 1.54) is 0 Å². The summed E-state index contributed by atoms with van der Waals surface area (Å²) in [6.45, 7) is 4.07. The molecule has 4 rings (SSSR count). The Morgan fingerprint density at radius 3 is 2.91 bits per heavy atom. The first-order valence-electron chi connectivity index (χ1n) is 8.25. The normalized spacial score (nSPS) is 18.7. The van der Waals surface area contributed by atoms with E-state index in [1.54, 1.807) is 17.3 Å². The van der Waals surface area contributed by atoms with Gasteiger partial charge in [-0.2, -0.15) is 0 Å². The number of carbonyl (C=O) groups excluding carboxylic acids is 2. The van der Waals surface area contributed by atoms with Crippen molar-refractivity contribution in [1.29, 1.82) is 0 Å². The lowest BCUT2D eigenvalue weighted by atomic mass is 10.00. The SMILES string of the molecule is CC[C@@H](C(=O)N1CCCC1)N1Cc2ccnc3[nH]cc(c23)C1=O. The van der Waals surface area contributed by atoms with Gasteiger partial charge >= 0.3 is 0 Å². The van der Waals surface area contributed by atoms with Gasteiger partial charge in [-0.05, 0) is 30.9 Å². The van der Waals surface area contributed by atoms with Gasteiger partial charge in [0.15, 0.2) is 0 Å². The molecule has 6 nitrogen and oxygen atoms in total. The van der Waals surface area contributed by atoms with Crippen LogP contribution in [0.3, 0.4) is 0 Å². The molecule has 1 atom stereocenters. The summed E-state index contributed by atoms with van der Waals surface area (Å²) in [5, 5.41) is 0.900. The number of aromatic nitrogens is 2. The molecule has 23 heavy (non-hydrogen) atoms. The summed E-state index contributed by atoms with van der Waals surface area (Å²) < 4.78 is 0. The first-order chi connectivity index (χ1) is 11.2. The Balaban J connectivity index is 1.69. The number of hydrogen-bond donors (Lipinski definition) is 1. The zero-order chi connectivity index (χ0) is 16.0. The summed E-state index contributed by atoms with van der Waals surface area (Å²) in [6, 6.07) is 1.55. The topological polar surface area (TPSA) is 69.3 Å². The number of nitrogens with one attached hydrogen (secondary N) is 1. The highest BCUT2D eigenvalue weighted by Gasteiger charge is 2.36. The largest absolute Gasteiger partial charge is 0.345 e. The van der Waals surface area contributed by atoms with Crippen LogP contribution < -0.4 is 0 Å². The molecule has 2 aromatic rings. The van der Waals surface area contributed by atoms with Gasteiger partial charge in [0, 0.05) is 37.4 Å². The Morgan fingerprint density at radius 2 is 2.17 bits per heavy atom. The maximum absolute atomic E-state index is 12.9. The van der Waals surface area contributed by atoms with Crippen LogP contribution in [-0.4, -0.2) is 50.7 Å². The van der Waals surface area contributed by atoms with Crippen LogP contribution in [0.4, 0.5) is 0 Å². The van der Waals surface area contributed by atoms with E-state index in [-0.39, 0.29) is 17.9 Å². The number of likely N-dealkylation sites (tertiary alicyclic amines) is 1. The molecule has 0 unspecified atom stereocenters. The van der Waals surface area contributed by atoms with Gasteiger partial charge in [0.25, 0.3) is 5.91 Å². The Hall–Kier alpha value is -2.37. The second kappa shape index (κ2) is 5.37. The second-order valence-electron chi connectivity index (χ2n) is 6.29. The van der Waals surface area contributed by atoms with Crippen LogP contribution in [0.25, 0.3) is 11.0 Å². The zero-order valence-corrected chi connectivity index (χ0v) is 13.2. The number of hydrogen-bond acceptors (Lipinski definition) is 3. The number of aromatic amines is 1. The Kier molecular flexibility index (Phi) is 3.32. The summed E-state index contributed by atoms with van der Waals surface area (Å²) in [4.78, 5) is 36.7. The van der Waals surface area contributed by atoms with E-state index in [0.29, 0.717) is 18.5 Å². The summed E-state index contributed by atoms with van der Waals surface area (Å²) >= 11 is 0. The molecule has 0 spiro atoms. The average molecular weight is 312 g/mol. The highest BCUT2D eigenvalue weighted by molar-refractivity contribution is 6.10. The van der Waals surface area contributed by atoms with Crippen LogP contribution in [0, 0.1) is 0 Å². The minimum Gasteiger partial charge on any atom is -0.345 e. The van der Waals surface area contributed by atoms with Crippen LogP contribution in [0.15, 0.2) is 18.5 Å². The van der Waals surface area contributed by atoms with Gasteiger partial charge in [-0.1, -0.05) is 6.92 Å². The van der Waals surface area contributed by atoms with E-state index in [2.05, 4.69) is 9.97 Å². The predicted molar refractivity (Wildman–Crippen MR) is 85.9 cm³/mol. The van der Waals surface area contributed by atoms with Crippen LogP contribution in [-0.2, 0) is 11.3 Å². The van der Waals surface area contributed by atoms with E-state index < -0.39 is 0 Å². The number of pyridine rings is 1. The quantitative estimate of drug-likeness (QED) is 0.941. The Morgan fingerprint density at radius 1 is 1.39 bits per heavy atom. The Bertz CT molecular complexity index is 776. The third kappa shape index (κ3) is 2.12. The maximum Gasteiger partial charge on any atom is 0.257 e. The first-order valence-corrected chi connectivity index (χ1v) is 8.25. The van der Waals surface area contributed by atoms with Gasteiger partial charge in [0.1, 0.15) is 11.7 Å². The smallest absolute Gasteiger partial charge is 0.257 e. The summed E-state index contributed by atoms with van der Waals surface area (Å²) in [5.74, 6) is 0.0128. The molecule has 4 heterocycles. The van der Waals surface area contributed by atoms with Gasteiger partial charge in [0.2, 0.25) is 5.91 Å². The highest BCUT2D eigenvalue weighted by Crippen LogP contribution is 2.30. The van der Waals surface area contributed by atoms with E-state index in [4.69, 9.17) is 0 Å². The molecule has 1 N–H and O–H groups in total. The third-order valence-electron chi connectivity index (χ3n) is 4.96. The fourth-order valence-corrected chi connectivity index (χ4v) is 3.76. The van der Waals surface area contributed by atoms with E-state index in [1.807, 2.05) is 17.9 Å². The lowest BCUT2D eigenvalue weighted by Crippen LogP contribution is -2.50. The molecule has 1 saturated heterocycles. The highest BCUT2D eigenvalue weighted by atomic mass is 16.2. The molecule has 6 heteroatoms. The number of H-pyrrole nitrogens is 1. The molecule has 2 aromatic heterocycles. The van der Waals surface area contributed by atoms with E-state index >= 15 is 0 Å². The van der Waals surface area contributed by atoms with Gasteiger partial charge in [0.05, 0.1) is 5.56 Å². The van der Waals surface area contributed by atoms with Crippen molar-refractivity contribution in [2.24, 2.45) is 0 Å². The second-order valence-corrected chi connectivity index (χ2v) is 6.29. The number of rotatable bonds is 3. The predicted octanol–water partition coefficient (Wildman–Crippen LogP) is 1.92. The molecular weight excluding hydrogens is 292 g/mol. The Labute approximate surface area is 134 Å². The van der Waals surface area contributed by atoms with Crippen LogP contribution in [0.5, 0.6) is 0 Å². The van der Waals surface area contributed by atoms with Crippen molar-refractivity contribution in [3.63, 3.8) is 0 Å². The molecule has 1 fully saturated rings. The number of amides is 2. The minimum absolute atomic E-state index is 0.0730. The van der Waals surface area contributed by atoms with Crippen molar-refractivity contribution in [1.82, 2.24) is 19.8 Å². The van der Waals surface area contributed by atoms with Crippen LogP contribution in [0.2, 0.25) is 0 Å². The zero-order valence-electron chi connectivity index (χ0n) is 13.2. The molecule has 0 saturated carbocycles.